The molecule has 0 unspecified atom stereocenters. The minimum Gasteiger partial charge on any atom is -0.456 e. The van der Waals surface area contributed by atoms with Crippen molar-refractivity contribution in [2.24, 2.45) is 0 Å². The number of halogens is 2. The molecular formula is C18H14Cl2N2O4. The Labute approximate surface area is 159 Å². The number of nitrogens with zero attached hydrogens (tertiary/aromatic N) is 1. The lowest BCUT2D eigenvalue weighted by Crippen LogP contribution is -2.34. The molecule has 1 aliphatic rings. The number of imide groups is 1. The zero-order valence-electron chi connectivity index (χ0n) is 13.4. The minimum absolute atomic E-state index is 0.0491. The average molecular weight is 393 g/mol. The maximum atomic E-state index is 12.1. The van der Waals surface area contributed by atoms with Crippen LogP contribution in [0, 0.1) is 0 Å². The molecule has 6 nitrogen and oxygen atoms in total. The Balaban J connectivity index is 1.73. The van der Waals surface area contributed by atoms with Gasteiger partial charge in [-0.3, -0.25) is 14.5 Å². The molecule has 0 bridgehead atoms. The number of β-amino-alcohol motifs (C(OH)–C–C–N with tert-alkyl or cyclic N) is 1. The zero-order chi connectivity index (χ0) is 18.7. The molecule has 0 saturated heterocycles. The number of benzene rings is 2. The highest BCUT2D eigenvalue weighted by atomic mass is 35.5. The number of rotatable bonds is 6. The first kappa shape index (κ1) is 18.3. The number of amides is 2. The maximum Gasteiger partial charge on any atom is 0.277 e. The van der Waals surface area contributed by atoms with E-state index in [0.717, 1.165) is 4.90 Å². The molecular weight excluding hydrogens is 379 g/mol. The van der Waals surface area contributed by atoms with Gasteiger partial charge in [-0.2, -0.15) is 0 Å². The Morgan fingerprint density at radius 2 is 1.92 bits per heavy atom. The van der Waals surface area contributed by atoms with Crippen LogP contribution in [0.25, 0.3) is 0 Å². The number of hydrogen-bond acceptors (Lipinski definition) is 5. The number of aliphatic hydroxyl groups is 1. The molecule has 0 saturated carbocycles. The number of ether oxygens (including phenoxy) is 1. The van der Waals surface area contributed by atoms with Gasteiger partial charge in [0.2, 0.25) is 0 Å². The van der Waals surface area contributed by atoms with Crippen molar-refractivity contribution in [2.45, 2.75) is 0 Å². The van der Waals surface area contributed by atoms with Crippen molar-refractivity contribution in [3.05, 3.63) is 64.3 Å². The lowest BCUT2D eigenvalue weighted by molar-refractivity contribution is -0.137. The van der Waals surface area contributed by atoms with Gasteiger partial charge in [-0.1, -0.05) is 29.3 Å². The van der Waals surface area contributed by atoms with Crippen molar-refractivity contribution in [1.29, 1.82) is 0 Å². The summed E-state index contributed by atoms with van der Waals surface area (Å²) < 4.78 is 5.69. The SMILES string of the molecule is O=C1C=C(Nc2ccc(Oc3cccc(Cl)c3)c(Cl)c2)C(=O)N1CCO. The summed E-state index contributed by atoms with van der Waals surface area (Å²) in [7, 11) is 0. The van der Waals surface area contributed by atoms with Crippen LogP contribution in [-0.4, -0.2) is 35.0 Å². The number of carbonyl (C=O) groups is 2. The molecule has 0 aromatic heterocycles. The van der Waals surface area contributed by atoms with Gasteiger partial charge in [0.25, 0.3) is 11.8 Å². The summed E-state index contributed by atoms with van der Waals surface area (Å²) in [6.45, 7) is -0.341. The van der Waals surface area contributed by atoms with E-state index in [1.54, 1.807) is 42.5 Å². The van der Waals surface area contributed by atoms with Crippen molar-refractivity contribution in [2.75, 3.05) is 18.5 Å². The second-order valence-corrected chi connectivity index (χ2v) is 6.25. The van der Waals surface area contributed by atoms with Crippen molar-refractivity contribution >= 4 is 40.7 Å². The summed E-state index contributed by atoms with van der Waals surface area (Å²) in [6, 6.07) is 11.8. The average Bonchev–Trinajstić information content (AvgIpc) is 2.85. The first-order chi connectivity index (χ1) is 12.5. The molecule has 2 amide bonds. The van der Waals surface area contributed by atoms with E-state index in [4.69, 9.17) is 33.0 Å². The fourth-order valence-corrected chi connectivity index (χ4v) is 2.78. The Morgan fingerprint density at radius 1 is 1.12 bits per heavy atom. The number of hydrogen-bond donors (Lipinski definition) is 2. The van der Waals surface area contributed by atoms with Crippen LogP contribution in [0.4, 0.5) is 5.69 Å². The topological polar surface area (TPSA) is 78.9 Å². The summed E-state index contributed by atoms with van der Waals surface area (Å²) in [4.78, 5) is 24.8. The van der Waals surface area contributed by atoms with Crippen LogP contribution >= 0.6 is 23.2 Å². The normalized spacial score (nSPS) is 13.8. The van der Waals surface area contributed by atoms with Crippen LogP contribution in [0.3, 0.4) is 0 Å². The monoisotopic (exact) mass is 392 g/mol. The first-order valence-electron chi connectivity index (χ1n) is 7.66. The van der Waals surface area contributed by atoms with Crippen LogP contribution in [0.15, 0.2) is 54.2 Å². The predicted octanol–water partition coefficient (Wildman–Crippen LogP) is 3.44. The van der Waals surface area contributed by atoms with Crippen molar-refractivity contribution in [1.82, 2.24) is 4.90 Å². The second kappa shape index (κ2) is 7.78. The van der Waals surface area contributed by atoms with E-state index in [2.05, 4.69) is 5.32 Å². The van der Waals surface area contributed by atoms with Gasteiger partial charge in [-0.15, -0.1) is 0 Å². The second-order valence-electron chi connectivity index (χ2n) is 5.41. The van der Waals surface area contributed by atoms with Crippen LogP contribution in [-0.2, 0) is 9.59 Å². The van der Waals surface area contributed by atoms with Gasteiger partial charge in [-0.25, -0.2) is 0 Å². The molecule has 134 valence electrons. The van der Waals surface area contributed by atoms with E-state index in [1.165, 1.54) is 6.08 Å². The van der Waals surface area contributed by atoms with Crippen molar-refractivity contribution in [3.8, 4) is 11.5 Å². The van der Waals surface area contributed by atoms with Gasteiger partial charge in [0, 0.05) is 16.8 Å². The lowest BCUT2D eigenvalue weighted by atomic mass is 10.2. The molecule has 0 atom stereocenters. The Hall–Kier alpha value is -2.54. The van der Waals surface area contributed by atoms with Gasteiger partial charge in [-0.05, 0) is 36.4 Å². The molecule has 26 heavy (non-hydrogen) atoms. The number of carbonyl (C=O) groups excluding carboxylic acids is 2. The van der Waals surface area contributed by atoms with Crippen LogP contribution < -0.4 is 10.1 Å². The summed E-state index contributed by atoms with van der Waals surface area (Å²) in [6.07, 6.45) is 1.18. The van der Waals surface area contributed by atoms with E-state index in [-0.39, 0.29) is 18.8 Å². The molecule has 1 aliphatic heterocycles. The number of aliphatic hydroxyl groups excluding tert-OH is 1. The number of nitrogens with one attached hydrogen (secondary N) is 1. The molecule has 1 heterocycles. The van der Waals surface area contributed by atoms with Crippen molar-refractivity contribution < 1.29 is 19.4 Å². The lowest BCUT2D eigenvalue weighted by Gasteiger charge is -2.14. The molecule has 2 aromatic rings. The van der Waals surface area contributed by atoms with Gasteiger partial charge >= 0.3 is 0 Å². The van der Waals surface area contributed by atoms with Crippen LogP contribution in [0.5, 0.6) is 11.5 Å². The fraction of sp³-hybridized carbons (Fsp3) is 0.111. The van der Waals surface area contributed by atoms with Crippen LogP contribution in [0.1, 0.15) is 0 Å². The molecule has 0 spiro atoms. The summed E-state index contributed by atoms with van der Waals surface area (Å²) in [5.41, 5.74) is 0.634. The standard InChI is InChI=1S/C18H14Cl2N2O4/c19-11-2-1-3-13(8-11)26-16-5-4-12(9-14(16)20)21-15-10-17(24)22(6-7-23)18(15)25/h1-5,8-10,21,23H,6-7H2. The highest BCUT2D eigenvalue weighted by molar-refractivity contribution is 6.32. The van der Waals surface area contributed by atoms with Gasteiger partial charge in [0.1, 0.15) is 17.2 Å². The van der Waals surface area contributed by atoms with E-state index in [1.807, 2.05) is 0 Å². The number of anilines is 1. The molecule has 0 fully saturated rings. The molecule has 0 radical (unpaired) electrons. The first-order valence-corrected chi connectivity index (χ1v) is 8.42. The predicted molar refractivity (Wildman–Crippen MR) is 98.5 cm³/mol. The van der Waals surface area contributed by atoms with Gasteiger partial charge in [0.15, 0.2) is 0 Å². The summed E-state index contributed by atoms with van der Waals surface area (Å²) in [5.74, 6) is -0.0128. The van der Waals surface area contributed by atoms with Crippen molar-refractivity contribution in [3.63, 3.8) is 0 Å². The molecule has 2 N–H and O–H groups in total. The Morgan fingerprint density at radius 3 is 2.62 bits per heavy atom. The Bertz CT molecular complexity index is 899. The molecule has 2 aromatic carbocycles. The highest BCUT2D eigenvalue weighted by Crippen LogP contribution is 2.33. The largest absolute Gasteiger partial charge is 0.456 e. The molecule has 3 rings (SSSR count). The quantitative estimate of drug-likeness (QED) is 0.736. The van der Waals surface area contributed by atoms with E-state index in [0.29, 0.717) is 27.2 Å². The van der Waals surface area contributed by atoms with Crippen LogP contribution in [0.2, 0.25) is 10.0 Å². The minimum atomic E-state index is -0.501. The van der Waals surface area contributed by atoms with Gasteiger partial charge < -0.3 is 15.2 Å². The Kier molecular flexibility index (Phi) is 5.46. The third-order valence-corrected chi connectivity index (χ3v) is 4.10. The molecule has 0 aliphatic carbocycles. The summed E-state index contributed by atoms with van der Waals surface area (Å²) >= 11 is 12.2. The third-order valence-electron chi connectivity index (χ3n) is 3.57. The zero-order valence-corrected chi connectivity index (χ0v) is 14.9. The van der Waals surface area contributed by atoms with E-state index in [9.17, 15) is 9.59 Å². The molecule has 8 heteroatoms. The smallest absolute Gasteiger partial charge is 0.277 e. The fourth-order valence-electron chi connectivity index (χ4n) is 2.38. The van der Waals surface area contributed by atoms with Gasteiger partial charge in [0.05, 0.1) is 18.2 Å². The summed E-state index contributed by atoms with van der Waals surface area (Å²) in [5, 5.41) is 12.6. The highest BCUT2D eigenvalue weighted by Gasteiger charge is 2.30. The third kappa shape index (κ3) is 3.99. The van der Waals surface area contributed by atoms with E-state index < -0.39 is 11.8 Å². The maximum absolute atomic E-state index is 12.1. The van der Waals surface area contributed by atoms with E-state index >= 15 is 0 Å².